The lowest BCUT2D eigenvalue weighted by Gasteiger charge is -2.18. The SMILES string of the molecule is CCN(CC)CCOc1ccc(CN=C(N)NCCc2ccccc2)cc1.I. The van der Waals surface area contributed by atoms with Gasteiger partial charge in [0.05, 0.1) is 6.54 Å². The molecule has 2 rings (SSSR count). The van der Waals surface area contributed by atoms with Gasteiger partial charge in [-0.3, -0.25) is 0 Å². The first kappa shape index (κ1) is 24.2. The molecule has 2 aromatic carbocycles. The molecule has 0 heterocycles. The number of benzene rings is 2. The van der Waals surface area contributed by atoms with E-state index in [1.54, 1.807) is 0 Å². The van der Waals surface area contributed by atoms with E-state index in [-0.39, 0.29) is 24.0 Å². The number of nitrogens with zero attached hydrogens (tertiary/aromatic N) is 2. The number of ether oxygens (including phenoxy) is 1. The van der Waals surface area contributed by atoms with Gasteiger partial charge >= 0.3 is 0 Å². The molecule has 0 aliphatic heterocycles. The summed E-state index contributed by atoms with van der Waals surface area (Å²) in [6.45, 7) is 9.43. The average Bonchev–Trinajstić information content (AvgIpc) is 2.71. The van der Waals surface area contributed by atoms with Gasteiger partial charge in [-0.05, 0) is 42.8 Å². The topological polar surface area (TPSA) is 62.9 Å². The maximum atomic E-state index is 5.95. The first-order valence-electron chi connectivity index (χ1n) is 9.73. The molecular weight excluding hydrogens is 463 g/mol. The maximum Gasteiger partial charge on any atom is 0.188 e. The van der Waals surface area contributed by atoms with Gasteiger partial charge in [-0.2, -0.15) is 0 Å². The van der Waals surface area contributed by atoms with Gasteiger partial charge in [-0.15, -0.1) is 24.0 Å². The van der Waals surface area contributed by atoms with E-state index in [1.165, 1.54) is 5.56 Å². The van der Waals surface area contributed by atoms with E-state index in [0.29, 0.717) is 19.1 Å². The molecule has 0 atom stereocenters. The first-order valence-corrected chi connectivity index (χ1v) is 9.73. The number of nitrogens with one attached hydrogen (secondary N) is 1. The lowest BCUT2D eigenvalue weighted by molar-refractivity contribution is 0.223. The Bertz CT molecular complexity index is 673. The zero-order chi connectivity index (χ0) is 19.3. The van der Waals surface area contributed by atoms with E-state index in [1.807, 2.05) is 42.5 Å². The Hall–Kier alpha value is -1.80. The normalized spacial score (nSPS) is 11.2. The van der Waals surface area contributed by atoms with Gasteiger partial charge in [-0.1, -0.05) is 56.3 Å². The lowest BCUT2D eigenvalue weighted by atomic mass is 10.1. The van der Waals surface area contributed by atoms with Crippen molar-refractivity contribution in [1.82, 2.24) is 10.2 Å². The Morgan fingerprint density at radius 3 is 2.32 bits per heavy atom. The van der Waals surface area contributed by atoms with Gasteiger partial charge in [0, 0.05) is 13.1 Å². The van der Waals surface area contributed by atoms with Gasteiger partial charge in [0.25, 0.3) is 0 Å². The van der Waals surface area contributed by atoms with Crippen LogP contribution < -0.4 is 15.8 Å². The average molecular weight is 496 g/mol. The highest BCUT2D eigenvalue weighted by Crippen LogP contribution is 2.13. The van der Waals surface area contributed by atoms with Crippen LogP contribution in [0.1, 0.15) is 25.0 Å². The van der Waals surface area contributed by atoms with Crippen molar-refractivity contribution in [3.63, 3.8) is 0 Å². The van der Waals surface area contributed by atoms with Gasteiger partial charge in [0.15, 0.2) is 5.96 Å². The minimum atomic E-state index is 0. The molecule has 0 unspecified atom stereocenters. The van der Waals surface area contributed by atoms with E-state index < -0.39 is 0 Å². The quantitative estimate of drug-likeness (QED) is 0.283. The van der Waals surface area contributed by atoms with Crippen molar-refractivity contribution in [2.45, 2.75) is 26.8 Å². The third-order valence-corrected chi connectivity index (χ3v) is 4.49. The number of guanidine groups is 1. The largest absolute Gasteiger partial charge is 0.492 e. The van der Waals surface area contributed by atoms with Crippen LogP contribution in [-0.4, -0.2) is 43.6 Å². The Morgan fingerprint density at radius 1 is 1.00 bits per heavy atom. The van der Waals surface area contributed by atoms with Crippen LogP contribution in [-0.2, 0) is 13.0 Å². The second-order valence-electron chi connectivity index (χ2n) is 6.38. The van der Waals surface area contributed by atoms with Crippen molar-refractivity contribution in [1.29, 1.82) is 0 Å². The van der Waals surface area contributed by atoms with Crippen LogP contribution in [0.3, 0.4) is 0 Å². The van der Waals surface area contributed by atoms with Gasteiger partial charge < -0.3 is 20.7 Å². The predicted molar refractivity (Wildman–Crippen MR) is 129 cm³/mol. The number of likely N-dealkylation sites (N-methyl/N-ethyl adjacent to an activating group) is 1. The van der Waals surface area contributed by atoms with Crippen molar-refractivity contribution in [2.75, 3.05) is 32.8 Å². The molecule has 0 fully saturated rings. The third kappa shape index (κ3) is 9.41. The zero-order valence-electron chi connectivity index (χ0n) is 16.9. The molecule has 0 aliphatic carbocycles. The molecule has 6 heteroatoms. The van der Waals surface area contributed by atoms with Crippen molar-refractivity contribution in [3.05, 3.63) is 65.7 Å². The fourth-order valence-corrected chi connectivity index (χ4v) is 2.74. The van der Waals surface area contributed by atoms with Gasteiger partial charge in [0.1, 0.15) is 12.4 Å². The highest BCUT2D eigenvalue weighted by atomic mass is 127. The number of nitrogens with two attached hydrogens (primary N) is 1. The monoisotopic (exact) mass is 496 g/mol. The Kier molecular flexibility index (Phi) is 12.3. The summed E-state index contributed by atoms with van der Waals surface area (Å²) in [5, 5.41) is 3.16. The standard InChI is InChI=1S/C22H32N4O.HI/c1-3-26(4-2)16-17-27-21-12-10-20(11-13-21)18-25-22(23)24-15-14-19-8-6-5-7-9-19;/h5-13H,3-4,14-18H2,1-2H3,(H3,23,24,25);1H. The Morgan fingerprint density at radius 2 is 1.68 bits per heavy atom. The summed E-state index contributed by atoms with van der Waals surface area (Å²) >= 11 is 0. The molecule has 0 bridgehead atoms. The minimum Gasteiger partial charge on any atom is -0.492 e. The molecular formula is C22H33IN4O. The molecule has 0 saturated carbocycles. The first-order chi connectivity index (χ1) is 13.2. The number of hydrogen-bond acceptors (Lipinski definition) is 3. The van der Waals surface area contributed by atoms with Crippen LogP contribution in [0.4, 0.5) is 0 Å². The fourth-order valence-electron chi connectivity index (χ4n) is 2.74. The lowest BCUT2D eigenvalue weighted by Crippen LogP contribution is -2.33. The van der Waals surface area contributed by atoms with Crippen LogP contribution in [0.2, 0.25) is 0 Å². The molecule has 0 radical (unpaired) electrons. The van der Waals surface area contributed by atoms with Crippen molar-refractivity contribution >= 4 is 29.9 Å². The van der Waals surface area contributed by atoms with Crippen LogP contribution in [0.25, 0.3) is 0 Å². The third-order valence-electron chi connectivity index (χ3n) is 4.49. The smallest absolute Gasteiger partial charge is 0.188 e. The molecule has 0 saturated heterocycles. The number of hydrogen-bond donors (Lipinski definition) is 2. The zero-order valence-corrected chi connectivity index (χ0v) is 19.3. The molecule has 0 aliphatic rings. The summed E-state index contributed by atoms with van der Waals surface area (Å²) in [5.41, 5.74) is 8.34. The maximum absolute atomic E-state index is 5.95. The van der Waals surface area contributed by atoms with E-state index in [9.17, 15) is 0 Å². The van der Waals surface area contributed by atoms with E-state index in [4.69, 9.17) is 10.5 Å². The second kappa shape index (κ2) is 14.2. The van der Waals surface area contributed by atoms with E-state index in [0.717, 1.165) is 43.9 Å². The molecule has 28 heavy (non-hydrogen) atoms. The Balaban J connectivity index is 0.00000392. The summed E-state index contributed by atoms with van der Waals surface area (Å²) in [5.74, 6) is 1.37. The van der Waals surface area contributed by atoms with Crippen LogP contribution in [0.15, 0.2) is 59.6 Å². The summed E-state index contributed by atoms with van der Waals surface area (Å²) in [6.07, 6.45) is 0.927. The summed E-state index contributed by atoms with van der Waals surface area (Å²) in [7, 11) is 0. The van der Waals surface area contributed by atoms with E-state index >= 15 is 0 Å². The van der Waals surface area contributed by atoms with Crippen molar-refractivity contribution in [3.8, 4) is 5.75 Å². The highest BCUT2D eigenvalue weighted by molar-refractivity contribution is 14.0. The molecule has 0 aromatic heterocycles. The summed E-state index contributed by atoms with van der Waals surface area (Å²) < 4.78 is 5.80. The minimum absolute atomic E-state index is 0. The summed E-state index contributed by atoms with van der Waals surface area (Å²) in [4.78, 5) is 6.74. The van der Waals surface area contributed by atoms with Gasteiger partial charge in [-0.25, -0.2) is 4.99 Å². The highest BCUT2D eigenvalue weighted by Gasteiger charge is 2.00. The molecule has 154 valence electrons. The predicted octanol–water partition coefficient (Wildman–Crippen LogP) is 3.67. The van der Waals surface area contributed by atoms with Crippen LogP contribution in [0, 0.1) is 0 Å². The van der Waals surface area contributed by atoms with Crippen molar-refractivity contribution < 1.29 is 4.74 Å². The molecule has 3 N–H and O–H groups in total. The fraction of sp³-hybridized carbons (Fsp3) is 0.409. The Labute approximate surface area is 186 Å². The summed E-state index contributed by atoms with van der Waals surface area (Å²) in [6, 6.07) is 18.4. The van der Waals surface area contributed by atoms with Crippen LogP contribution >= 0.6 is 24.0 Å². The second-order valence-corrected chi connectivity index (χ2v) is 6.38. The molecule has 2 aromatic rings. The number of halogens is 1. The van der Waals surface area contributed by atoms with Crippen LogP contribution in [0.5, 0.6) is 5.75 Å². The molecule has 0 spiro atoms. The number of aliphatic imine (C=N–C) groups is 1. The van der Waals surface area contributed by atoms with Gasteiger partial charge in [0.2, 0.25) is 0 Å². The number of rotatable bonds is 11. The molecule has 5 nitrogen and oxygen atoms in total. The van der Waals surface area contributed by atoms with Crippen molar-refractivity contribution in [2.24, 2.45) is 10.7 Å². The molecule has 0 amide bonds. The van der Waals surface area contributed by atoms with E-state index in [2.05, 4.69) is 41.2 Å².